The molecule has 3 aliphatic rings. The topological polar surface area (TPSA) is 44.8 Å². The van der Waals surface area contributed by atoms with Crippen LogP contribution < -0.4 is 0 Å². The highest BCUT2D eigenvalue weighted by molar-refractivity contribution is 6.38. The third kappa shape index (κ3) is 1.06. The molecule has 2 bridgehead atoms. The summed E-state index contributed by atoms with van der Waals surface area (Å²) < 4.78 is 17.3. The van der Waals surface area contributed by atoms with E-state index < -0.39 is 16.3 Å². The monoisotopic (exact) mass is 288 g/mol. The molecule has 0 N–H and O–H groups in total. The summed E-state index contributed by atoms with van der Waals surface area (Å²) in [5.74, 6) is -1.18. The van der Waals surface area contributed by atoms with E-state index in [-0.39, 0.29) is 23.5 Å². The van der Waals surface area contributed by atoms with Crippen LogP contribution in [0.1, 0.15) is 26.2 Å². The molecule has 0 unspecified atom stereocenters. The Balaban J connectivity index is 2.29. The second-order valence-electron chi connectivity index (χ2n) is 5.96. The Kier molecular flexibility index (Phi) is 2.86. The van der Waals surface area contributed by atoms with Crippen LogP contribution in [0.4, 0.5) is 0 Å². The van der Waals surface area contributed by atoms with E-state index in [1.807, 2.05) is 6.92 Å². The number of methoxy groups -OCH3 is 3. The fourth-order valence-electron chi connectivity index (χ4n) is 5.34. The average molecular weight is 289 g/mol. The van der Waals surface area contributed by atoms with Gasteiger partial charge in [0.15, 0.2) is 10.7 Å². The van der Waals surface area contributed by atoms with Crippen LogP contribution in [0.15, 0.2) is 0 Å². The minimum absolute atomic E-state index is 0.00265. The first-order chi connectivity index (χ1) is 8.97. The van der Waals surface area contributed by atoms with Gasteiger partial charge in [0.05, 0.1) is 5.92 Å². The summed E-state index contributed by atoms with van der Waals surface area (Å²) in [6.45, 7) is 1.89. The molecule has 3 saturated carbocycles. The Bertz CT molecular complexity index is 422. The molecule has 3 aliphatic carbocycles. The van der Waals surface area contributed by atoms with Gasteiger partial charge in [0.2, 0.25) is 5.79 Å². The maximum Gasteiger partial charge on any atom is 0.225 e. The number of hydrogen-bond acceptors (Lipinski definition) is 4. The smallest absolute Gasteiger partial charge is 0.225 e. The summed E-state index contributed by atoms with van der Waals surface area (Å²) in [4.78, 5) is 11.6. The molecule has 4 nitrogen and oxygen atoms in total. The lowest BCUT2D eigenvalue weighted by Gasteiger charge is -2.44. The molecule has 108 valence electrons. The number of ketones is 1. The number of rotatable bonds is 3. The summed E-state index contributed by atoms with van der Waals surface area (Å²) in [5.41, 5.74) is -0.767. The van der Waals surface area contributed by atoms with Gasteiger partial charge in [0.25, 0.3) is 0 Å². The van der Waals surface area contributed by atoms with Crippen molar-refractivity contribution < 1.29 is 19.0 Å². The molecule has 0 spiro atoms. The number of hydrogen-bond donors (Lipinski definition) is 0. The van der Waals surface area contributed by atoms with Crippen LogP contribution in [0.25, 0.3) is 0 Å². The zero-order valence-corrected chi connectivity index (χ0v) is 12.6. The lowest BCUT2D eigenvalue weighted by atomic mass is 9.72. The normalized spacial score (nSPS) is 50.8. The Morgan fingerprint density at radius 2 is 1.68 bits per heavy atom. The van der Waals surface area contributed by atoms with E-state index in [2.05, 4.69) is 0 Å². The van der Waals surface area contributed by atoms with E-state index in [0.29, 0.717) is 0 Å². The number of Topliss-reactive ketones (excluding diaryl/α,β-unsaturated/α-hetero) is 1. The van der Waals surface area contributed by atoms with Crippen LogP contribution in [0, 0.1) is 17.8 Å². The van der Waals surface area contributed by atoms with Gasteiger partial charge in [-0.15, -0.1) is 11.6 Å². The predicted molar refractivity (Wildman–Crippen MR) is 70.1 cm³/mol. The molecule has 5 atom stereocenters. The van der Waals surface area contributed by atoms with Gasteiger partial charge in [-0.2, -0.15) is 0 Å². The Hall–Kier alpha value is -0.160. The van der Waals surface area contributed by atoms with Gasteiger partial charge in [-0.3, -0.25) is 4.79 Å². The van der Waals surface area contributed by atoms with Crippen molar-refractivity contribution in [3.63, 3.8) is 0 Å². The van der Waals surface area contributed by atoms with E-state index in [0.717, 1.165) is 19.3 Å². The standard InChI is InChI=1S/C14H21ClO4/c1-8-11(16)12(15)9-6-5-7-10(9)13(8,17-2)14(12,18-3)19-4/h8-10H,5-7H2,1-4H3/t8-,9-,10+,12-,13-/m0/s1. The lowest BCUT2D eigenvalue weighted by molar-refractivity contribution is -0.303. The van der Waals surface area contributed by atoms with E-state index in [9.17, 15) is 4.79 Å². The lowest BCUT2D eigenvalue weighted by Crippen LogP contribution is -2.61. The quantitative estimate of drug-likeness (QED) is 0.588. The van der Waals surface area contributed by atoms with E-state index in [4.69, 9.17) is 25.8 Å². The van der Waals surface area contributed by atoms with Gasteiger partial charge >= 0.3 is 0 Å². The summed E-state index contributed by atoms with van der Waals surface area (Å²) in [7, 11) is 4.75. The number of carbonyl (C=O) groups is 1. The molecule has 0 aromatic rings. The molecule has 0 radical (unpaired) electrons. The van der Waals surface area contributed by atoms with E-state index in [1.54, 1.807) is 21.3 Å². The maximum atomic E-state index is 12.8. The Labute approximate surface area is 118 Å². The number of carbonyl (C=O) groups excluding carboxylic acids is 1. The Morgan fingerprint density at radius 3 is 2.21 bits per heavy atom. The van der Waals surface area contributed by atoms with Gasteiger partial charge in [0.1, 0.15) is 5.60 Å². The molecule has 0 heterocycles. The molecular formula is C14H21ClO4. The number of halogens is 1. The molecule has 0 saturated heterocycles. The second-order valence-corrected chi connectivity index (χ2v) is 6.56. The van der Waals surface area contributed by atoms with Gasteiger partial charge in [-0.25, -0.2) is 0 Å². The predicted octanol–water partition coefficient (Wildman–Crippen LogP) is 1.99. The molecule has 3 fully saturated rings. The first-order valence-electron chi connectivity index (χ1n) is 6.86. The molecule has 5 heteroatoms. The maximum absolute atomic E-state index is 12.8. The molecule has 0 amide bonds. The fraction of sp³-hybridized carbons (Fsp3) is 0.929. The van der Waals surface area contributed by atoms with Crippen molar-refractivity contribution >= 4 is 17.4 Å². The van der Waals surface area contributed by atoms with Gasteiger partial charge < -0.3 is 14.2 Å². The SMILES string of the molecule is COC1(OC)[C@@]2(OC)[C@@H]3CCC[C@@H]3[C@]1(Cl)C(=O)[C@@H]2C. The highest BCUT2D eigenvalue weighted by atomic mass is 35.5. The van der Waals surface area contributed by atoms with Crippen molar-refractivity contribution in [3.8, 4) is 0 Å². The van der Waals surface area contributed by atoms with Crippen molar-refractivity contribution in [1.29, 1.82) is 0 Å². The minimum atomic E-state index is -1.18. The van der Waals surface area contributed by atoms with Crippen molar-refractivity contribution in [2.45, 2.75) is 42.4 Å². The Morgan fingerprint density at radius 1 is 1.11 bits per heavy atom. The van der Waals surface area contributed by atoms with Gasteiger partial charge in [-0.1, -0.05) is 13.3 Å². The van der Waals surface area contributed by atoms with E-state index >= 15 is 0 Å². The van der Waals surface area contributed by atoms with Crippen molar-refractivity contribution in [3.05, 3.63) is 0 Å². The average Bonchev–Trinajstić information content (AvgIpc) is 3.00. The highest BCUT2D eigenvalue weighted by Crippen LogP contribution is 2.72. The van der Waals surface area contributed by atoms with Crippen LogP contribution in [0.2, 0.25) is 0 Å². The van der Waals surface area contributed by atoms with Gasteiger partial charge in [-0.05, 0) is 24.7 Å². The fourth-order valence-corrected chi connectivity index (χ4v) is 6.07. The van der Waals surface area contributed by atoms with E-state index in [1.165, 1.54) is 0 Å². The summed E-state index contributed by atoms with van der Waals surface area (Å²) >= 11 is 6.85. The van der Waals surface area contributed by atoms with Crippen LogP contribution in [-0.2, 0) is 19.0 Å². The number of ether oxygens (including phenoxy) is 3. The molecular weight excluding hydrogens is 268 g/mol. The number of alkyl halides is 1. The molecule has 0 aliphatic heterocycles. The largest absolute Gasteiger partial charge is 0.371 e. The van der Waals surface area contributed by atoms with Crippen molar-refractivity contribution in [2.24, 2.45) is 17.8 Å². The van der Waals surface area contributed by atoms with Gasteiger partial charge in [0, 0.05) is 21.3 Å². The minimum Gasteiger partial charge on any atom is -0.371 e. The van der Waals surface area contributed by atoms with Crippen molar-refractivity contribution in [1.82, 2.24) is 0 Å². The molecule has 0 aromatic heterocycles. The first-order valence-corrected chi connectivity index (χ1v) is 7.24. The summed E-state index contributed by atoms with van der Waals surface area (Å²) in [6.07, 6.45) is 3.03. The van der Waals surface area contributed by atoms with Crippen LogP contribution in [0.3, 0.4) is 0 Å². The number of fused-ring (bicyclic) bond motifs is 5. The third-order valence-electron chi connectivity index (χ3n) is 5.88. The molecule has 0 aromatic carbocycles. The van der Waals surface area contributed by atoms with Crippen LogP contribution in [-0.4, -0.2) is 43.4 Å². The first kappa shape index (κ1) is 13.8. The molecule has 3 rings (SSSR count). The zero-order chi connectivity index (χ0) is 14.1. The van der Waals surface area contributed by atoms with Crippen molar-refractivity contribution in [2.75, 3.05) is 21.3 Å². The summed E-state index contributed by atoms with van der Waals surface area (Å²) in [5, 5.41) is 0. The highest BCUT2D eigenvalue weighted by Gasteiger charge is 2.88. The summed E-state index contributed by atoms with van der Waals surface area (Å²) in [6, 6.07) is 0. The molecule has 19 heavy (non-hydrogen) atoms. The van der Waals surface area contributed by atoms with Crippen LogP contribution in [0.5, 0.6) is 0 Å². The second kappa shape index (κ2) is 3.94. The zero-order valence-electron chi connectivity index (χ0n) is 11.9. The van der Waals surface area contributed by atoms with Crippen LogP contribution >= 0.6 is 11.6 Å². The third-order valence-corrected chi connectivity index (χ3v) is 6.59.